The fourth-order valence-electron chi connectivity index (χ4n) is 3.08. The van der Waals surface area contributed by atoms with Gasteiger partial charge in [0.15, 0.2) is 6.61 Å². The van der Waals surface area contributed by atoms with Crippen LogP contribution >= 0.6 is 11.3 Å². The Bertz CT molecular complexity index is 966. The smallest absolute Gasteiger partial charge is 0.416 e. The Kier molecular flexibility index (Phi) is 6.45. The Morgan fingerprint density at radius 1 is 1.07 bits per heavy atom. The Balaban J connectivity index is 1.62. The molecule has 1 amide bonds. The standard InChI is InChI=1S/C20H18F3NO5S/c1-2-28-19(27)16-13-4-3-5-14(13)30-17(16)24-15(25)10-29-18(26)11-6-8-12(9-7-11)20(21,22)23/h6-9H,2-5,10H2,1H3,(H,24,25). The first-order valence-corrected chi connectivity index (χ1v) is 9.98. The minimum atomic E-state index is -4.51. The summed E-state index contributed by atoms with van der Waals surface area (Å²) in [5.74, 6) is -2.12. The van der Waals surface area contributed by atoms with Gasteiger partial charge in [0.05, 0.1) is 23.3 Å². The molecule has 30 heavy (non-hydrogen) atoms. The first-order chi connectivity index (χ1) is 14.2. The van der Waals surface area contributed by atoms with Gasteiger partial charge in [-0.2, -0.15) is 13.2 Å². The fraction of sp³-hybridized carbons (Fsp3) is 0.350. The van der Waals surface area contributed by atoms with Crippen LogP contribution in [0.5, 0.6) is 0 Å². The molecule has 0 radical (unpaired) electrons. The molecule has 6 nitrogen and oxygen atoms in total. The van der Waals surface area contributed by atoms with Crippen molar-refractivity contribution in [2.75, 3.05) is 18.5 Å². The number of aryl methyl sites for hydroxylation is 1. The van der Waals surface area contributed by atoms with Crippen LogP contribution in [0.3, 0.4) is 0 Å². The number of nitrogens with one attached hydrogen (secondary N) is 1. The van der Waals surface area contributed by atoms with E-state index >= 15 is 0 Å². The van der Waals surface area contributed by atoms with Crippen LogP contribution in [0.4, 0.5) is 18.2 Å². The minimum absolute atomic E-state index is 0.113. The molecule has 3 rings (SSSR count). The van der Waals surface area contributed by atoms with Gasteiger partial charge in [0.2, 0.25) is 0 Å². The Morgan fingerprint density at radius 2 is 1.77 bits per heavy atom. The molecule has 1 aliphatic carbocycles. The average molecular weight is 441 g/mol. The highest BCUT2D eigenvalue weighted by atomic mass is 32.1. The van der Waals surface area contributed by atoms with E-state index in [1.54, 1.807) is 6.92 Å². The third-order valence-corrected chi connectivity index (χ3v) is 5.64. The number of amides is 1. The molecule has 1 aromatic heterocycles. The highest BCUT2D eigenvalue weighted by Crippen LogP contribution is 2.39. The first kappa shape index (κ1) is 21.8. The number of fused-ring (bicyclic) bond motifs is 1. The minimum Gasteiger partial charge on any atom is -0.462 e. The second-order valence-electron chi connectivity index (χ2n) is 6.48. The van der Waals surface area contributed by atoms with E-state index in [-0.39, 0.29) is 12.2 Å². The van der Waals surface area contributed by atoms with Crippen molar-refractivity contribution in [3.8, 4) is 0 Å². The Morgan fingerprint density at radius 3 is 2.40 bits per heavy atom. The summed E-state index contributed by atoms with van der Waals surface area (Å²) in [4.78, 5) is 37.5. The van der Waals surface area contributed by atoms with E-state index in [0.717, 1.165) is 54.0 Å². The van der Waals surface area contributed by atoms with Gasteiger partial charge in [0, 0.05) is 4.88 Å². The number of carbonyl (C=O) groups excluding carboxylic acids is 3. The number of thiophene rings is 1. The second kappa shape index (κ2) is 8.86. The lowest BCUT2D eigenvalue weighted by Crippen LogP contribution is -2.22. The Hall–Kier alpha value is -2.88. The molecule has 1 heterocycles. The van der Waals surface area contributed by atoms with Crippen molar-refractivity contribution in [3.05, 3.63) is 51.4 Å². The molecule has 160 valence electrons. The SMILES string of the molecule is CCOC(=O)c1c(NC(=O)COC(=O)c2ccc(C(F)(F)F)cc2)sc2c1CCC2. The highest BCUT2D eigenvalue weighted by molar-refractivity contribution is 7.17. The van der Waals surface area contributed by atoms with Gasteiger partial charge in [-0.1, -0.05) is 0 Å². The highest BCUT2D eigenvalue weighted by Gasteiger charge is 2.31. The Labute approximate surface area is 174 Å². The van der Waals surface area contributed by atoms with E-state index < -0.39 is 36.2 Å². The van der Waals surface area contributed by atoms with Gasteiger partial charge in [-0.25, -0.2) is 9.59 Å². The largest absolute Gasteiger partial charge is 0.462 e. The van der Waals surface area contributed by atoms with E-state index in [0.29, 0.717) is 10.6 Å². The van der Waals surface area contributed by atoms with Crippen molar-refractivity contribution in [2.24, 2.45) is 0 Å². The van der Waals surface area contributed by atoms with E-state index in [1.807, 2.05) is 0 Å². The van der Waals surface area contributed by atoms with Crippen molar-refractivity contribution < 1.29 is 37.0 Å². The quantitative estimate of drug-likeness (QED) is 0.679. The van der Waals surface area contributed by atoms with Crippen molar-refractivity contribution in [1.82, 2.24) is 0 Å². The van der Waals surface area contributed by atoms with Crippen molar-refractivity contribution in [2.45, 2.75) is 32.4 Å². The zero-order valence-corrected chi connectivity index (χ0v) is 16.7. The van der Waals surface area contributed by atoms with Crippen LogP contribution in [-0.2, 0) is 33.3 Å². The molecule has 0 bridgehead atoms. The lowest BCUT2D eigenvalue weighted by atomic mass is 10.1. The molecule has 10 heteroatoms. The van der Waals surface area contributed by atoms with Gasteiger partial charge in [0.25, 0.3) is 5.91 Å². The van der Waals surface area contributed by atoms with E-state index in [9.17, 15) is 27.6 Å². The molecule has 0 aliphatic heterocycles. The van der Waals surface area contributed by atoms with Crippen LogP contribution in [0.2, 0.25) is 0 Å². The van der Waals surface area contributed by atoms with Crippen molar-refractivity contribution >= 4 is 34.2 Å². The number of esters is 2. The topological polar surface area (TPSA) is 81.7 Å². The van der Waals surface area contributed by atoms with Gasteiger partial charge in [0.1, 0.15) is 5.00 Å². The number of alkyl halides is 3. The number of carbonyl (C=O) groups is 3. The number of ether oxygens (including phenoxy) is 2. The number of hydrogen-bond acceptors (Lipinski definition) is 6. The average Bonchev–Trinajstić information content (AvgIpc) is 3.26. The summed E-state index contributed by atoms with van der Waals surface area (Å²) in [5, 5.41) is 2.91. The molecule has 1 aromatic carbocycles. The predicted molar refractivity (Wildman–Crippen MR) is 103 cm³/mol. The zero-order valence-electron chi connectivity index (χ0n) is 15.9. The third kappa shape index (κ3) is 4.81. The summed E-state index contributed by atoms with van der Waals surface area (Å²) in [6.07, 6.45) is -2.06. The molecular weight excluding hydrogens is 423 g/mol. The van der Waals surface area contributed by atoms with E-state index in [1.165, 1.54) is 11.3 Å². The summed E-state index contributed by atoms with van der Waals surface area (Å²) in [6.45, 7) is 1.23. The van der Waals surface area contributed by atoms with Gasteiger partial charge >= 0.3 is 18.1 Å². The molecule has 0 spiro atoms. The van der Waals surface area contributed by atoms with Crippen LogP contribution in [0.1, 0.15) is 50.1 Å². The second-order valence-corrected chi connectivity index (χ2v) is 7.59. The first-order valence-electron chi connectivity index (χ1n) is 9.16. The molecule has 2 aromatic rings. The molecule has 0 saturated carbocycles. The summed E-state index contributed by atoms with van der Waals surface area (Å²) < 4.78 is 47.7. The van der Waals surface area contributed by atoms with E-state index in [4.69, 9.17) is 9.47 Å². The van der Waals surface area contributed by atoms with Crippen molar-refractivity contribution in [1.29, 1.82) is 0 Å². The molecule has 1 N–H and O–H groups in total. The number of rotatable bonds is 6. The summed E-state index contributed by atoms with van der Waals surface area (Å²) in [6, 6.07) is 3.47. The predicted octanol–water partition coefficient (Wildman–Crippen LogP) is 4.23. The zero-order chi connectivity index (χ0) is 21.9. The molecule has 0 fully saturated rings. The van der Waals surface area contributed by atoms with Gasteiger partial charge in [-0.05, 0) is 56.0 Å². The molecule has 0 unspecified atom stereocenters. The third-order valence-electron chi connectivity index (χ3n) is 4.44. The fourth-order valence-corrected chi connectivity index (χ4v) is 4.38. The van der Waals surface area contributed by atoms with Gasteiger partial charge in [-0.3, -0.25) is 4.79 Å². The number of anilines is 1. The van der Waals surface area contributed by atoms with Gasteiger partial charge < -0.3 is 14.8 Å². The maximum Gasteiger partial charge on any atom is 0.416 e. The molecule has 1 aliphatic rings. The van der Waals surface area contributed by atoms with Crippen LogP contribution in [-0.4, -0.2) is 31.1 Å². The number of benzene rings is 1. The van der Waals surface area contributed by atoms with Gasteiger partial charge in [-0.15, -0.1) is 11.3 Å². The lowest BCUT2D eigenvalue weighted by molar-refractivity contribution is -0.137. The van der Waals surface area contributed by atoms with Crippen LogP contribution in [0.25, 0.3) is 0 Å². The maximum absolute atomic E-state index is 12.6. The number of hydrogen-bond donors (Lipinski definition) is 1. The number of halogens is 3. The van der Waals surface area contributed by atoms with Crippen molar-refractivity contribution in [3.63, 3.8) is 0 Å². The van der Waals surface area contributed by atoms with Crippen LogP contribution in [0, 0.1) is 0 Å². The lowest BCUT2D eigenvalue weighted by Gasteiger charge is -2.09. The van der Waals surface area contributed by atoms with Crippen LogP contribution < -0.4 is 5.32 Å². The summed E-state index contributed by atoms with van der Waals surface area (Å²) >= 11 is 1.29. The summed E-state index contributed by atoms with van der Waals surface area (Å²) in [7, 11) is 0. The molecular formula is C20H18F3NO5S. The monoisotopic (exact) mass is 441 g/mol. The molecule has 0 saturated heterocycles. The van der Waals surface area contributed by atoms with E-state index in [2.05, 4.69) is 5.32 Å². The maximum atomic E-state index is 12.6. The normalized spacial score (nSPS) is 12.9. The summed E-state index contributed by atoms with van der Waals surface area (Å²) in [5.41, 5.74) is 0.194. The molecule has 0 atom stereocenters. The van der Waals surface area contributed by atoms with Crippen LogP contribution in [0.15, 0.2) is 24.3 Å².